The molecule has 3 nitrogen and oxygen atoms in total. The van der Waals surface area contributed by atoms with E-state index in [1.807, 2.05) is 0 Å². The topological polar surface area (TPSA) is 60.2 Å². The molecule has 0 bridgehead atoms. The molecular formula is C5H11NO2S. The molecule has 4 heteroatoms. The second kappa shape index (κ2) is 2.98. The van der Waals surface area contributed by atoms with E-state index >= 15 is 0 Å². The van der Waals surface area contributed by atoms with Crippen molar-refractivity contribution in [2.75, 3.05) is 18.6 Å². The summed E-state index contributed by atoms with van der Waals surface area (Å²) in [4.78, 5) is 0. The maximum Gasteiger partial charge on any atom is 0.151 e. The van der Waals surface area contributed by atoms with E-state index in [-0.39, 0.29) is 12.3 Å². The highest BCUT2D eigenvalue weighted by atomic mass is 32.2. The molecule has 0 amide bonds. The SMILES string of the molecule is C=C(CN)CS(C)(=O)=O. The monoisotopic (exact) mass is 149 g/mol. The van der Waals surface area contributed by atoms with E-state index in [0.29, 0.717) is 5.57 Å². The molecule has 0 aromatic carbocycles. The second-order valence-corrected chi connectivity index (χ2v) is 4.16. The van der Waals surface area contributed by atoms with Crippen LogP contribution in [0.5, 0.6) is 0 Å². The maximum absolute atomic E-state index is 10.5. The lowest BCUT2D eigenvalue weighted by Crippen LogP contribution is -2.12. The van der Waals surface area contributed by atoms with Crippen molar-refractivity contribution >= 4 is 9.84 Å². The lowest BCUT2D eigenvalue weighted by atomic mass is 10.4. The van der Waals surface area contributed by atoms with Crippen molar-refractivity contribution in [2.45, 2.75) is 0 Å². The summed E-state index contributed by atoms with van der Waals surface area (Å²) >= 11 is 0. The first-order valence-electron chi connectivity index (χ1n) is 2.50. The van der Waals surface area contributed by atoms with Gasteiger partial charge >= 0.3 is 0 Å². The fourth-order valence-corrected chi connectivity index (χ4v) is 1.29. The lowest BCUT2D eigenvalue weighted by Gasteiger charge is -1.97. The van der Waals surface area contributed by atoms with Crippen LogP contribution in [-0.2, 0) is 9.84 Å². The van der Waals surface area contributed by atoms with Crippen LogP contribution in [0.4, 0.5) is 0 Å². The summed E-state index contributed by atoms with van der Waals surface area (Å²) in [7, 11) is -2.91. The Bertz CT molecular complexity index is 193. The third-order valence-corrected chi connectivity index (χ3v) is 1.69. The quantitative estimate of drug-likeness (QED) is 0.553. The van der Waals surface area contributed by atoms with Crippen LogP contribution in [0, 0.1) is 0 Å². The van der Waals surface area contributed by atoms with Gasteiger partial charge in [0.1, 0.15) is 0 Å². The predicted molar refractivity (Wildman–Crippen MR) is 37.9 cm³/mol. The minimum atomic E-state index is -2.91. The van der Waals surface area contributed by atoms with Crippen molar-refractivity contribution in [3.63, 3.8) is 0 Å². The van der Waals surface area contributed by atoms with Crippen LogP contribution in [0.1, 0.15) is 0 Å². The highest BCUT2D eigenvalue weighted by molar-refractivity contribution is 7.90. The van der Waals surface area contributed by atoms with Crippen LogP contribution >= 0.6 is 0 Å². The van der Waals surface area contributed by atoms with Crippen LogP contribution < -0.4 is 5.73 Å². The fraction of sp³-hybridized carbons (Fsp3) is 0.600. The predicted octanol–water partition coefficient (Wildman–Crippen LogP) is -0.454. The Morgan fingerprint density at radius 1 is 1.67 bits per heavy atom. The van der Waals surface area contributed by atoms with Gasteiger partial charge in [-0.05, 0) is 5.57 Å². The third kappa shape index (κ3) is 5.52. The van der Waals surface area contributed by atoms with Crippen molar-refractivity contribution in [3.05, 3.63) is 12.2 Å². The molecule has 0 aromatic heterocycles. The Hall–Kier alpha value is -0.350. The standard InChI is InChI=1S/C5H11NO2S/c1-5(3-6)4-9(2,7)8/h1,3-4,6H2,2H3. The van der Waals surface area contributed by atoms with E-state index in [9.17, 15) is 8.42 Å². The van der Waals surface area contributed by atoms with Crippen LogP contribution in [0.3, 0.4) is 0 Å². The highest BCUT2D eigenvalue weighted by Gasteiger charge is 2.02. The fourth-order valence-electron chi connectivity index (χ4n) is 0.430. The molecule has 0 aliphatic rings. The van der Waals surface area contributed by atoms with Crippen molar-refractivity contribution < 1.29 is 8.42 Å². The Kier molecular flexibility index (Phi) is 2.87. The molecule has 54 valence electrons. The number of rotatable bonds is 3. The van der Waals surface area contributed by atoms with Gasteiger partial charge in [0.25, 0.3) is 0 Å². The Morgan fingerprint density at radius 2 is 2.11 bits per heavy atom. The van der Waals surface area contributed by atoms with Gasteiger partial charge in [0.15, 0.2) is 9.84 Å². The number of hydrogen-bond acceptors (Lipinski definition) is 3. The Labute approximate surface area is 55.5 Å². The molecule has 0 fully saturated rings. The van der Waals surface area contributed by atoms with Gasteiger partial charge in [-0.15, -0.1) is 0 Å². The van der Waals surface area contributed by atoms with E-state index in [4.69, 9.17) is 5.73 Å². The second-order valence-electron chi connectivity index (χ2n) is 2.02. The molecule has 0 spiro atoms. The van der Waals surface area contributed by atoms with Crippen molar-refractivity contribution in [3.8, 4) is 0 Å². The third-order valence-electron chi connectivity index (χ3n) is 0.755. The normalized spacial score (nSPS) is 11.3. The summed E-state index contributed by atoms with van der Waals surface area (Å²) in [5, 5.41) is 0. The first kappa shape index (κ1) is 8.65. The Morgan fingerprint density at radius 3 is 2.22 bits per heavy atom. The zero-order chi connectivity index (χ0) is 7.49. The maximum atomic E-state index is 10.5. The van der Waals surface area contributed by atoms with Gasteiger partial charge in [-0.2, -0.15) is 0 Å². The molecule has 0 aromatic rings. The molecule has 0 atom stereocenters. The number of nitrogens with two attached hydrogens (primary N) is 1. The van der Waals surface area contributed by atoms with Crippen LogP contribution in [-0.4, -0.2) is 27.0 Å². The van der Waals surface area contributed by atoms with Crippen LogP contribution in [0.15, 0.2) is 12.2 Å². The van der Waals surface area contributed by atoms with Crippen molar-refractivity contribution in [2.24, 2.45) is 5.73 Å². The number of sulfone groups is 1. The molecule has 0 aliphatic carbocycles. The first-order chi connectivity index (χ1) is 3.95. The largest absolute Gasteiger partial charge is 0.327 e. The molecule has 0 saturated heterocycles. The van der Waals surface area contributed by atoms with Gasteiger partial charge in [0, 0.05) is 12.8 Å². The smallest absolute Gasteiger partial charge is 0.151 e. The van der Waals surface area contributed by atoms with Gasteiger partial charge in [-0.1, -0.05) is 6.58 Å². The van der Waals surface area contributed by atoms with E-state index in [0.717, 1.165) is 6.26 Å². The molecular weight excluding hydrogens is 138 g/mol. The van der Waals surface area contributed by atoms with E-state index in [2.05, 4.69) is 6.58 Å². The van der Waals surface area contributed by atoms with Crippen LogP contribution in [0.2, 0.25) is 0 Å². The van der Waals surface area contributed by atoms with E-state index in [1.54, 1.807) is 0 Å². The molecule has 2 N–H and O–H groups in total. The van der Waals surface area contributed by atoms with Gasteiger partial charge in [-0.25, -0.2) is 8.42 Å². The zero-order valence-corrected chi connectivity index (χ0v) is 6.24. The van der Waals surface area contributed by atoms with Gasteiger partial charge in [0.2, 0.25) is 0 Å². The molecule has 0 unspecified atom stereocenters. The zero-order valence-electron chi connectivity index (χ0n) is 5.42. The van der Waals surface area contributed by atoms with Gasteiger partial charge in [0.05, 0.1) is 5.75 Å². The molecule has 9 heavy (non-hydrogen) atoms. The summed E-state index contributed by atoms with van der Waals surface area (Å²) in [6.45, 7) is 3.70. The average Bonchev–Trinajstić information content (AvgIpc) is 1.62. The summed E-state index contributed by atoms with van der Waals surface area (Å²) in [6.07, 6.45) is 1.16. The summed E-state index contributed by atoms with van der Waals surface area (Å²) in [5.41, 5.74) is 5.67. The van der Waals surface area contributed by atoms with Gasteiger partial charge < -0.3 is 5.73 Å². The van der Waals surface area contributed by atoms with Crippen LogP contribution in [0.25, 0.3) is 0 Å². The molecule has 0 heterocycles. The molecule has 0 saturated carbocycles. The molecule has 0 rings (SSSR count). The number of hydrogen-bond donors (Lipinski definition) is 1. The average molecular weight is 149 g/mol. The molecule has 0 radical (unpaired) electrons. The van der Waals surface area contributed by atoms with E-state index < -0.39 is 9.84 Å². The highest BCUT2D eigenvalue weighted by Crippen LogP contribution is 1.91. The van der Waals surface area contributed by atoms with E-state index in [1.165, 1.54) is 0 Å². The summed E-state index contributed by atoms with van der Waals surface area (Å²) < 4.78 is 21.0. The minimum Gasteiger partial charge on any atom is -0.327 e. The first-order valence-corrected chi connectivity index (χ1v) is 4.56. The summed E-state index contributed by atoms with van der Waals surface area (Å²) in [5.74, 6) is 0.00347. The summed E-state index contributed by atoms with van der Waals surface area (Å²) in [6, 6.07) is 0. The van der Waals surface area contributed by atoms with Gasteiger partial charge in [-0.3, -0.25) is 0 Å². The lowest BCUT2D eigenvalue weighted by molar-refractivity contribution is 0.603. The Balaban J connectivity index is 3.91. The van der Waals surface area contributed by atoms with Crippen molar-refractivity contribution in [1.82, 2.24) is 0 Å². The minimum absolute atomic E-state index is 0.00347. The van der Waals surface area contributed by atoms with Crippen molar-refractivity contribution in [1.29, 1.82) is 0 Å². The molecule has 0 aliphatic heterocycles.